The van der Waals surface area contributed by atoms with Crippen LogP contribution in [0.15, 0.2) is 52.7 Å². The summed E-state index contributed by atoms with van der Waals surface area (Å²) < 4.78 is 29.4. The van der Waals surface area contributed by atoms with Crippen LogP contribution in [0, 0.1) is 0 Å². The second-order valence-electron chi connectivity index (χ2n) is 3.93. The fraction of sp³-hybridized carbons (Fsp3) is 0.0769. The summed E-state index contributed by atoms with van der Waals surface area (Å²) in [6.07, 6.45) is 4.53. The number of methoxy groups -OCH3 is 1. The molecule has 2 rings (SSSR count). The van der Waals surface area contributed by atoms with Crippen molar-refractivity contribution in [1.29, 1.82) is 0 Å². The number of nitrogens with zero attached hydrogens (tertiary/aromatic N) is 2. The summed E-state index contributed by atoms with van der Waals surface area (Å²) in [4.78, 5) is 5.88. The van der Waals surface area contributed by atoms with Crippen molar-refractivity contribution in [3.63, 3.8) is 0 Å². The van der Waals surface area contributed by atoms with Gasteiger partial charge in [0.05, 0.1) is 13.3 Å². The van der Waals surface area contributed by atoms with E-state index in [2.05, 4.69) is 14.9 Å². The predicted octanol–water partition coefficient (Wildman–Crippen LogP) is 2.06. The molecular formula is C13H12ClN3O3S. The Morgan fingerprint density at radius 2 is 2.00 bits per heavy atom. The van der Waals surface area contributed by atoms with Crippen LogP contribution >= 0.6 is 11.6 Å². The molecule has 8 heteroatoms. The van der Waals surface area contributed by atoms with Crippen LogP contribution in [0.5, 0.6) is 5.75 Å². The van der Waals surface area contributed by atoms with Gasteiger partial charge in [0, 0.05) is 17.4 Å². The maximum Gasteiger partial charge on any atom is 0.280 e. The molecule has 0 aliphatic rings. The number of pyridine rings is 1. The maximum atomic E-state index is 12.2. The van der Waals surface area contributed by atoms with Crippen LogP contribution in [0.4, 0.5) is 0 Å². The zero-order valence-corrected chi connectivity index (χ0v) is 12.6. The van der Waals surface area contributed by atoms with E-state index in [4.69, 9.17) is 16.3 Å². The zero-order chi connectivity index (χ0) is 15.3. The molecular weight excluding hydrogens is 314 g/mol. The first kappa shape index (κ1) is 15.3. The highest BCUT2D eigenvalue weighted by Gasteiger charge is 2.19. The van der Waals surface area contributed by atoms with Gasteiger partial charge in [-0.05, 0) is 35.9 Å². The summed E-state index contributed by atoms with van der Waals surface area (Å²) in [5, 5.41) is 3.99. The lowest BCUT2D eigenvalue weighted by Gasteiger charge is -2.09. The summed E-state index contributed by atoms with van der Waals surface area (Å²) in [5.74, 6) is 0.186. The molecule has 0 aliphatic heterocycles. The molecule has 2 aromatic rings. The first-order valence-corrected chi connectivity index (χ1v) is 7.67. The van der Waals surface area contributed by atoms with E-state index in [1.165, 1.54) is 25.5 Å². The SMILES string of the molecule is COc1ccc(Cl)cc1S(=O)(=O)N/N=C/c1ccncc1. The fourth-order valence-electron chi connectivity index (χ4n) is 1.53. The molecule has 0 fully saturated rings. The minimum atomic E-state index is -3.87. The second kappa shape index (κ2) is 6.55. The highest BCUT2D eigenvalue weighted by atomic mass is 35.5. The first-order chi connectivity index (χ1) is 10.0. The number of halogens is 1. The summed E-state index contributed by atoms with van der Waals surface area (Å²) >= 11 is 5.82. The molecule has 1 heterocycles. The third kappa shape index (κ3) is 3.93. The van der Waals surface area contributed by atoms with E-state index in [1.807, 2.05) is 0 Å². The fourth-order valence-corrected chi connectivity index (χ4v) is 2.75. The molecule has 0 aliphatic carbocycles. The normalized spacial score (nSPS) is 11.5. The van der Waals surface area contributed by atoms with Gasteiger partial charge in [-0.15, -0.1) is 0 Å². The van der Waals surface area contributed by atoms with Crippen molar-refractivity contribution in [2.75, 3.05) is 7.11 Å². The Morgan fingerprint density at radius 1 is 1.29 bits per heavy atom. The van der Waals surface area contributed by atoms with Crippen molar-refractivity contribution < 1.29 is 13.2 Å². The van der Waals surface area contributed by atoms with Crippen LogP contribution in [-0.4, -0.2) is 26.7 Å². The van der Waals surface area contributed by atoms with E-state index in [-0.39, 0.29) is 15.7 Å². The summed E-state index contributed by atoms with van der Waals surface area (Å²) in [6.45, 7) is 0. The number of benzene rings is 1. The number of hydrazone groups is 1. The van der Waals surface area contributed by atoms with Gasteiger partial charge in [-0.25, -0.2) is 0 Å². The standard InChI is InChI=1S/C13H12ClN3O3S/c1-20-12-3-2-11(14)8-13(12)21(18,19)17-16-9-10-4-6-15-7-5-10/h2-9,17H,1H3/b16-9+. The molecule has 0 saturated carbocycles. The van der Waals surface area contributed by atoms with Gasteiger partial charge in [0.2, 0.25) is 0 Å². The Hall–Kier alpha value is -2.12. The third-order valence-corrected chi connectivity index (χ3v) is 3.99. The monoisotopic (exact) mass is 325 g/mol. The number of sulfonamides is 1. The Morgan fingerprint density at radius 3 is 2.67 bits per heavy atom. The minimum absolute atomic E-state index is 0.0793. The Labute approximate surface area is 127 Å². The Kier molecular flexibility index (Phi) is 4.77. The van der Waals surface area contributed by atoms with Crippen molar-refractivity contribution in [3.8, 4) is 5.75 Å². The summed E-state index contributed by atoms with van der Waals surface area (Å²) in [5.41, 5.74) is 0.714. The van der Waals surface area contributed by atoms with Gasteiger partial charge in [-0.3, -0.25) is 4.98 Å². The van der Waals surface area contributed by atoms with Gasteiger partial charge in [-0.1, -0.05) is 11.6 Å². The van der Waals surface area contributed by atoms with Crippen LogP contribution in [0.3, 0.4) is 0 Å². The van der Waals surface area contributed by atoms with E-state index >= 15 is 0 Å². The lowest BCUT2D eigenvalue weighted by Crippen LogP contribution is -2.19. The van der Waals surface area contributed by atoms with Gasteiger partial charge < -0.3 is 4.74 Å². The molecule has 0 radical (unpaired) electrons. The molecule has 1 N–H and O–H groups in total. The molecule has 1 aromatic carbocycles. The van der Waals surface area contributed by atoms with Crippen LogP contribution < -0.4 is 9.57 Å². The van der Waals surface area contributed by atoms with Gasteiger partial charge in [0.1, 0.15) is 10.6 Å². The van der Waals surface area contributed by atoms with Crippen LogP contribution in [0.2, 0.25) is 5.02 Å². The number of ether oxygens (including phenoxy) is 1. The maximum absolute atomic E-state index is 12.2. The molecule has 0 bridgehead atoms. The number of rotatable bonds is 5. The van der Waals surface area contributed by atoms with Crippen molar-refractivity contribution in [2.24, 2.45) is 5.10 Å². The van der Waals surface area contributed by atoms with Gasteiger partial charge >= 0.3 is 0 Å². The van der Waals surface area contributed by atoms with E-state index < -0.39 is 10.0 Å². The van der Waals surface area contributed by atoms with Crippen molar-refractivity contribution in [1.82, 2.24) is 9.82 Å². The van der Waals surface area contributed by atoms with E-state index in [0.29, 0.717) is 5.56 Å². The third-order valence-electron chi connectivity index (χ3n) is 2.51. The highest BCUT2D eigenvalue weighted by Crippen LogP contribution is 2.26. The van der Waals surface area contributed by atoms with E-state index in [1.54, 1.807) is 30.6 Å². The molecule has 6 nitrogen and oxygen atoms in total. The Bertz CT molecular complexity index is 749. The van der Waals surface area contributed by atoms with Crippen LogP contribution in [-0.2, 0) is 10.0 Å². The van der Waals surface area contributed by atoms with Crippen molar-refractivity contribution in [3.05, 3.63) is 53.3 Å². The first-order valence-electron chi connectivity index (χ1n) is 5.81. The topological polar surface area (TPSA) is 80.7 Å². The van der Waals surface area contributed by atoms with E-state index in [9.17, 15) is 8.42 Å². The van der Waals surface area contributed by atoms with Crippen molar-refractivity contribution in [2.45, 2.75) is 4.90 Å². The van der Waals surface area contributed by atoms with Crippen LogP contribution in [0.1, 0.15) is 5.56 Å². The molecule has 0 unspecified atom stereocenters. The molecule has 110 valence electrons. The largest absolute Gasteiger partial charge is 0.495 e. The molecule has 1 aromatic heterocycles. The number of hydrogen-bond acceptors (Lipinski definition) is 5. The number of aromatic nitrogens is 1. The average molecular weight is 326 g/mol. The minimum Gasteiger partial charge on any atom is -0.495 e. The van der Waals surface area contributed by atoms with Gasteiger partial charge in [0.25, 0.3) is 10.0 Å². The van der Waals surface area contributed by atoms with Gasteiger partial charge in [-0.2, -0.15) is 18.4 Å². The molecule has 21 heavy (non-hydrogen) atoms. The van der Waals surface area contributed by atoms with Crippen molar-refractivity contribution >= 4 is 27.8 Å². The molecule has 0 spiro atoms. The highest BCUT2D eigenvalue weighted by molar-refractivity contribution is 7.89. The van der Waals surface area contributed by atoms with Gasteiger partial charge in [0.15, 0.2) is 0 Å². The molecule has 0 atom stereocenters. The lowest BCUT2D eigenvalue weighted by atomic mass is 10.3. The number of nitrogens with one attached hydrogen (secondary N) is 1. The quantitative estimate of drug-likeness (QED) is 0.674. The molecule has 0 saturated heterocycles. The summed E-state index contributed by atoms with van der Waals surface area (Å²) in [7, 11) is -2.49. The summed E-state index contributed by atoms with van der Waals surface area (Å²) in [6, 6.07) is 7.70. The average Bonchev–Trinajstić information content (AvgIpc) is 2.48. The number of hydrogen-bond donors (Lipinski definition) is 1. The Balaban J connectivity index is 2.23. The predicted molar refractivity (Wildman–Crippen MR) is 80.2 cm³/mol. The lowest BCUT2D eigenvalue weighted by molar-refractivity contribution is 0.402. The zero-order valence-electron chi connectivity index (χ0n) is 11.0. The van der Waals surface area contributed by atoms with E-state index in [0.717, 1.165) is 0 Å². The smallest absolute Gasteiger partial charge is 0.280 e. The second-order valence-corrected chi connectivity index (χ2v) is 5.99. The van der Waals surface area contributed by atoms with Crippen LogP contribution in [0.25, 0.3) is 0 Å². The molecule has 0 amide bonds.